The van der Waals surface area contributed by atoms with E-state index in [-0.39, 0.29) is 12.0 Å². The van der Waals surface area contributed by atoms with E-state index >= 15 is 0 Å². The number of aromatic nitrogens is 2. The number of benzene rings is 2. The number of pyridine rings is 1. The third-order valence-electron chi connectivity index (χ3n) is 5.85. The molecular formula is C27H24ClN3O5. The second kappa shape index (κ2) is 10.6. The molecule has 0 saturated carbocycles. The molecule has 2 aromatic carbocycles. The minimum Gasteiger partial charge on any atom is -0.481 e. The largest absolute Gasteiger partial charge is 0.481 e. The number of Topliss-reactive ketones (excluding diaryl/α,β-unsaturated/α-hetero) is 1. The van der Waals surface area contributed by atoms with Gasteiger partial charge in [0.05, 0.1) is 26.2 Å². The predicted molar refractivity (Wildman–Crippen MR) is 137 cm³/mol. The van der Waals surface area contributed by atoms with E-state index in [1.165, 1.54) is 26.5 Å². The van der Waals surface area contributed by atoms with E-state index in [0.29, 0.717) is 39.8 Å². The molecule has 0 saturated heterocycles. The lowest BCUT2D eigenvalue weighted by Crippen LogP contribution is -2.23. The average molecular weight is 506 g/mol. The van der Waals surface area contributed by atoms with Crippen LogP contribution >= 0.6 is 11.6 Å². The summed E-state index contributed by atoms with van der Waals surface area (Å²) in [6, 6.07) is 15.9. The van der Waals surface area contributed by atoms with Crippen molar-refractivity contribution in [3.05, 3.63) is 88.2 Å². The minimum atomic E-state index is -0.796. The van der Waals surface area contributed by atoms with Crippen molar-refractivity contribution in [3.8, 4) is 5.88 Å². The van der Waals surface area contributed by atoms with E-state index in [4.69, 9.17) is 21.1 Å². The number of rotatable bonds is 8. The summed E-state index contributed by atoms with van der Waals surface area (Å²) in [7, 11) is 2.78. The van der Waals surface area contributed by atoms with Crippen LogP contribution in [0.5, 0.6) is 5.88 Å². The molecule has 2 heterocycles. The topological polar surface area (TPSA) is 99.5 Å². The molecule has 0 bridgehead atoms. The van der Waals surface area contributed by atoms with Gasteiger partial charge < -0.3 is 19.4 Å². The van der Waals surface area contributed by atoms with Crippen LogP contribution in [-0.4, -0.2) is 41.4 Å². The smallest absolute Gasteiger partial charge is 0.309 e. The van der Waals surface area contributed by atoms with Gasteiger partial charge in [-0.3, -0.25) is 14.4 Å². The highest BCUT2D eigenvalue weighted by molar-refractivity contribution is 6.48. The summed E-state index contributed by atoms with van der Waals surface area (Å²) in [6.07, 6.45) is 1.52. The van der Waals surface area contributed by atoms with Crippen molar-refractivity contribution in [3.63, 3.8) is 0 Å². The molecule has 0 aliphatic rings. The van der Waals surface area contributed by atoms with Crippen LogP contribution in [0.3, 0.4) is 0 Å². The van der Waals surface area contributed by atoms with Crippen molar-refractivity contribution in [2.24, 2.45) is 0 Å². The molecule has 36 heavy (non-hydrogen) atoms. The molecule has 184 valence electrons. The van der Waals surface area contributed by atoms with Crippen LogP contribution in [0.25, 0.3) is 10.9 Å². The number of nitrogens with one attached hydrogen (secondary N) is 1. The quantitative estimate of drug-likeness (QED) is 0.213. The van der Waals surface area contributed by atoms with Gasteiger partial charge in [0.2, 0.25) is 5.88 Å². The fourth-order valence-electron chi connectivity index (χ4n) is 4.04. The molecule has 1 amide bonds. The first kappa shape index (κ1) is 24.9. The molecule has 8 nitrogen and oxygen atoms in total. The lowest BCUT2D eigenvalue weighted by molar-refractivity contribution is -0.139. The van der Waals surface area contributed by atoms with Gasteiger partial charge in [0, 0.05) is 46.1 Å². The Morgan fingerprint density at radius 2 is 1.72 bits per heavy atom. The monoisotopic (exact) mass is 505 g/mol. The summed E-state index contributed by atoms with van der Waals surface area (Å²) in [5, 5.41) is 3.83. The molecule has 9 heteroatoms. The number of nitrogens with zero attached hydrogens (tertiary/aromatic N) is 2. The number of amides is 1. The number of esters is 1. The van der Waals surface area contributed by atoms with Crippen LogP contribution in [0, 0.1) is 6.92 Å². The zero-order chi connectivity index (χ0) is 25.8. The average Bonchev–Trinajstić information content (AvgIpc) is 3.15. The molecule has 1 N–H and O–H groups in total. The number of methoxy groups -OCH3 is 2. The number of ketones is 1. The normalized spacial score (nSPS) is 10.8. The summed E-state index contributed by atoms with van der Waals surface area (Å²) in [5.41, 5.74) is 3.69. The third-order valence-corrected chi connectivity index (χ3v) is 6.10. The van der Waals surface area contributed by atoms with Crippen LogP contribution in [0.2, 0.25) is 5.02 Å². The standard InChI is InChI=1S/C27H24ClN3O5/c1-16-25(26(33)27(34)30-20-10-11-29-23(14-20)35-2)21-12-18(13-24(32)36-3)6-9-22(21)31(16)15-17-4-7-19(28)8-5-17/h4-12,14H,13,15H2,1-3H3,(H,29,30,34). The van der Waals surface area contributed by atoms with E-state index in [2.05, 4.69) is 10.3 Å². The minimum absolute atomic E-state index is 0.0461. The van der Waals surface area contributed by atoms with Crippen molar-refractivity contribution in [2.45, 2.75) is 19.9 Å². The highest BCUT2D eigenvalue weighted by Crippen LogP contribution is 2.29. The molecule has 0 atom stereocenters. The third kappa shape index (κ3) is 5.23. The summed E-state index contributed by atoms with van der Waals surface area (Å²) in [5.74, 6) is -1.58. The van der Waals surface area contributed by atoms with Gasteiger partial charge in [-0.1, -0.05) is 29.8 Å². The Balaban J connectivity index is 1.76. The molecule has 0 unspecified atom stereocenters. The van der Waals surface area contributed by atoms with E-state index in [1.54, 1.807) is 31.2 Å². The molecule has 0 spiro atoms. The van der Waals surface area contributed by atoms with Gasteiger partial charge >= 0.3 is 5.97 Å². The maximum Gasteiger partial charge on any atom is 0.309 e. The molecule has 2 aromatic heterocycles. The number of carbonyl (C=O) groups excluding carboxylic acids is 3. The van der Waals surface area contributed by atoms with Crippen molar-refractivity contribution in [1.82, 2.24) is 9.55 Å². The van der Waals surface area contributed by atoms with Crippen LogP contribution in [0.15, 0.2) is 60.8 Å². The Hall–Kier alpha value is -4.17. The second-order valence-electron chi connectivity index (χ2n) is 8.15. The molecule has 4 rings (SSSR count). The van der Waals surface area contributed by atoms with Crippen LogP contribution in [0.4, 0.5) is 5.69 Å². The Morgan fingerprint density at radius 3 is 2.42 bits per heavy atom. The number of anilines is 1. The van der Waals surface area contributed by atoms with Crippen molar-refractivity contribution >= 4 is 45.9 Å². The zero-order valence-electron chi connectivity index (χ0n) is 20.0. The number of ether oxygens (including phenoxy) is 2. The molecule has 0 aliphatic carbocycles. The molecule has 4 aromatic rings. The van der Waals surface area contributed by atoms with Gasteiger partial charge in [0.15, 0.2) is 0 Å². The summed E-state index contributed by atoms with van der Waals surface area (Å²) in [6.45, 7) is 2.26. The Kier molecular flexibility index (Phi) is 7.36. The molecule has 0 radical (unpaired) electrons. The molecule has 0 aliphatic heterocycles. The predicted octanol–water partition coefficient (Wildman–Crippen LogP) is 4.59. The number of hydrogen-bond acceptors (Lipinski definition) is 6. The Labute approximate surface area is 212 Å². The highest BCUT2D eigenvalue weighted by Gasteiger charge is 2.26. The lowest BCUT2D eigenvalue weighted by Gasteiger charge is -2.10. The maximum atomic E-state index is 13.5. The van der Waals surface area contributed by atoms with Gasteiger partial charge in [0.1, 0.15) is 0 Å². The van der Waals surface area contributed by atoms with E-state index in [9.17, 15) is 14.4 Å². The van der Waals surface area contributed by atoms with Crippen LogP contribution < -0.4 is 10.1 Å². The van der Waals surface area contributed by atoms with Crippen LogP contribution in [-0.2, 0) is 27.3 Å². The first-order chi connectivity index (χ1) is 17.3. The number of halogens is 1. The SMILES string of the molecule is COC(=O)Cc1ccc2c(c1)c(C(=O)C(=O)Nc1ccnc(OC)c1)c(C)n2Cc1ccc(Cl)cc1. The second-order valence-corrected chi connectivity index (χ2v) is 8.58. The van der Waals surface area contributed by atoms with Gasteiger partial charge in [-0.2, -0.15) is 0 Å². The lowest BCUT2D eigenvalue weighted by atomic mass is 10.0. The zero-order valence-corrected chi connectivity index (χ0v) is 20.8. The Morgan fingerprint density at radius 1 is 1.00 bits per heavy atom. The highest BCUT2D eigenvalue weighted by atomic mass is 35.5. The fraction of sp³-hybridized carbons (Fsp3) is 0.185. The first-order valence-corrected chi connectivity index (χ1v) is 11.5. The van der Waals surface area contributed by atoms with Gasteiger partial charge in [-0.05, 0) is 48.4 Å². The summed E-state index contributed by atoms with van der Waals surface area (Å²) >= 11 is 6.03. The summed E-state index contributed by atoms with van der Waals surface area (Å²) in [4.78, 5) is 42.3. The van der Waals surface area contributed by atoms with Gasteiger partial charge in [-0.25, -0.2) is 4.98 Å². The van der Waals surface area contributed by atoms with E-state index < -0.39 is 17.7 Å². The maximum absolute atomic E-state index is 13.5. The molecular weight excluding hydrogens is 482 g/mol. The van der Waals surface area contributed by atoms with Crippen LogP contribution in [0.1, 0.15) is 27.2 Å². The summed E-state index contributed by atoms with van der Waals surface area (Å²) < 4.78 is 11.8. The molecule has 0 fully saturated rings. The van der Waals surface area contributed by atoms with Gasteiger partial charge in [0.25, 0.3) is 11.7 Å². The number of carbonyl (C=O) groups is 3. The Bertz CT molecular complexity index is 1460. The number of hydrogen-bond donors (Lipinski definition) is 1. The van der Waals surface area contributed by atoms with Crippen molar-refractivity contribution in [1.29, 1.82) is 0 Å². The van der Waals surface area contributed by atoms with Gasteiger partial charge in [-0.15, -0.1) is 0 Å². The van der Waals surface area contributed by atoms with E-state index in [1.807, 2.05) is 28.8 Å². The van der Waals surface area contributed by atoms with Crippen molar-refractivity contribution < 1.29 is 23.9 Å². The fourth-order valence-corrected chi connectivity index (χ4v) is 4.17. The van der Waals surface area contributed by atoms with E-state index in [0.717, 1.165) is 11.1 Å². The number of fused-ring (bicyclic) bond motifs is 1. The first-order valence-electron chi connectivity index (χ1n) is 11.1. The van der Waals surface area contributed by atoms with Crippen molar-refractivity contribution in [2.75, 3.05) is 19.5 Å².